The van der Waals surface area contributed by atoms with Gasteiger partial charge in [0.25, 0.3) is 5.56 Å². The molecule has 1 saturated heterocycles. The van der Waals surface area contributed by atoms with Crippen LogP contribution in [0.2, 0.25) is 0 Å². The van der Waals surface area contributed by atoms with Gasteiger partial charge in [-0.25, -0.2) is 14.2 Å². The second kappa shape index (κ2) is 15.4. The zero-order chi connectivity index (χ0) is 32.4. The summed E-state index contributed by atoms with van der Waals surface area (Å²) in [5, 5.41) is 3.79. The van der Waals surface area contributed by atoms with Crippen molar-refractivity contribution < 1.29 is 71.2 Å². The fourth-order valence-corrected chi connectivity index (χ4v) is 6.29. The molecular formula is C36H38FKN4O5. The zero-order valence-electron chi connectivity index (χ0n) is 28.4. The van der Waals surface area contributed by atoms with Crippen molar-refractivity contribution in [1.29, 1.82) is 0 Å². The molecular weight excluding hydrogens is 627 g/mol. The first-order valence-electron chi connectivity index (χ1n) is 15.7. The molecule has 3 aromatic carbocycles. The van der Waals surface area contributed by atoms with Gasteiger partial charge in [-0.1, -0.05) is 54.9 Å². The molecule has 9 nitrogen and oxygen atoms in total. The summed E-state index contributed by atoms with van der Waals surface area (Å²) in [7, 11) is 0. The van der Waals surface area contributed by atoms with Gasteiger partial charge in [-0.05, 0) is 74.2 Å². The van der Waals surface area contributed by atoms with E-state index in [0.717, 1.165) is 25.0 Å². The molecule has 2 aromatic heterocycles. The molecule has 11 heteroatoms. The number of nitrogens with one attached hydrogen (secondary N) is 1. The summed E-state index contributed by atoms with van der Waals surface area (Å²) in [6.07, 6.45) is 3.48. The largest absolute Gasteiger partial charge is 1.00 e. The van der Waals surface area contributed by atoms with Crippen molar-refractivity contribution in [3.05, 3.63) is 116 Å². The molecule has 0 radical (unpaired) electrons. The minimum absolute atomic E-state index is 0. The van der Waals surface area contributed by atoms with E-state index in [1.54, 1.807) is 28.8 Å². The number of halogens is 1. The normalized spacial score (nSPS) is 17.7. The van der Waals surface area contributed by atoms with E-state index in [0.29, 0.717) is 51.4 Å². The molecule has 6 rings (SSSR count). The van der Waals surface area contributed by atoms with Gasteiger partial charge in [-0.3, -0.25) is 18.9 Å². The van der Waals surface area contributed by atoms with E-state index in [1.165, 1.54) is 6.07 Å². The van der Waals surface area contributed by atoms with Gasteiger partial charge in [0, 0.05) is 30.4 Å². The van der Waals surface area contributed by atoms with Crippen LogP contribution in [0.3, 0.4) is 0 Å². The number of aromatic amines is 1. The van der Waals surface area contributed by atoms with Crippen molar-refractivity contribution in [3.8, 4) is 34.0 Å². The van der Waals surface area contributed by atoms with Crippen LogP contribution in [0.25, 0.3) is 28.2 Å². The van der Waals surface area contributed by atoms with Gasteiger partial charge < -0.3 is 10.9 Å². The van der Waals surface area contributed by atoms with Crippen LogP contribution < -0.4 is 67.4 Å². The molecule has 0 aliphatic carbocycles. The minimum Gasteiger partial charge on any atom is -1.00 e. The Hall–Kier alpha value is -3.19. The average molecular weight is 665 g/mol. The second-order valence-corrected chi connectivity index (χ2v) is 11.9. The first-order chi connectivity index (χ1) is 22.2. The SMILES string of the molecule is CCCc1nc(C)n(-c2ccc(OC3C[C@@H](C)O[C@@H](C)C3)cc2)c(=O)c1Cc1ccc(-c2ccccc2-c2noc(=O)[nH]2)cc1F.[H-].[K+]. The number of ether oxygens (including phenoxy) is 2. The predicted octanol–water partition coefficient (Wildman–Crippen LogP) is 3.68. The Labute approximate surface area is 316 Å². The first kappa shape index (κ1) is 35.1. The summed E-state index contributed by atoms with van der Waals surface area (Å²) in [6.45, 7) is 7.95. The van der Waals surface area contributed by atoms with Crippen LogP contribution in [0.4, 0.5) is 4.39 Å². The van der Waals surface area contributed by atoms with Crippen LogP contribution in [-0.4, -0.2) is 38.0 Å². The number of aromatic nitrogens is 4. The summed E-state index contributed by atoms with van der Waals surface area (Å²) >= 11 is 0. The van der Waals surface area contributed by atoms with Gasteiger partial charge in [0.2, 0.25) is 0 Å². The maximum atomic E-state index is 15.8. The Bertz CT molecular complexity index is 1970. The average Bonchev–Trinajstić information content (AvgIpc) is 3.46. The van der Waals surface area contributed by atoms with Crippen molar-refractivity contribution in [1.82, 2.24) is 19.7 Å². The molecule has 0 amide bonds. The minimum atomic E-state index is -0.671. The van der Waals surface area contributed by atoms with Gasteiger partial charge in [-0.15, -0.1) is 0 Å². The first-order valence-corrected chi connectivity index (χ1v) is 15.7. The molecule has 0 bridgehead atoms. The summed E-state index contributed by atoms with van der Waals surface area (Å²) in [6, 6.07) is 19.6. The molecule has 3 atom stereocenters. The van der Waals surface area contributed by atoms with E-state index < -0.39 is 11.6 Å². The number of hydrogen-bond donors (Lipinski definition) is 1. The maximum Gasteiger partial charge on any atom is 1.00 e. The standard InChI is InChI=1S/C36H37FN4O5.K.H/c1-5-8-33-31(19-25-12-11-24(20-32(25)37)29-9-6-7-10-30(29)34-39-36(43)46-40-34)35(42)41(23(4)38-33)26-13-15-27(16-14-26)45-28-17-21(2)44-22(3)18-28;;/h6-7,9-16,20-22,28H,5,8,17-19H2,1-4H3,(H,39,40,43);;/q;+1;-1/t21-,22+,28?;;. The molecule has 1 unspecified atom stereocenters. The van der Waals surface area contributed by atoms with Crippen LogP contribution in [0.1, 0.15) is 64.1 Å². The topological polar surface area (TPSA) is 112 Å². The number of nitrogens with zero attached hydrogens (tertiary/aromatic N) is 3. The third-order valence-electron chi connectivity index (χ3n) is 8.32. The third-order valence-corrected chi connectivity index (χ3v) is 8.32. The van der Waals surface area contributed by atoms with E-state index in [9.17, 15) is 9.59 Å². The molecule has 3 heterocycles. The van der Waals surface area contributed by atoms with Gasteiger partial charge in [0.15, 0.2) is 5.82 Å². The fourth-order valence-electron chi connectivity index (χ4n) is 6.29. The molecule has 1 aliphatic heterocycles. The monoisotopic (exact) mass is 664 g/mol. The summed E-state index contributed by atoms with van der Waals surface area (Å²) in [5.74, 6) is 0.433. The van der Waals surface area contributed by atoms with Crippen molar-refractivity contribution in [3.63, 3.8) is 0 Å². The molecule has 47 heavy (non-hydrogen) atoms. The van der Waals surface area contributed by atoms with E-state index in [-0.39, 0.29) is 88.9 Å². The van der Waals surface area contributed by atoms with Crippen LogP contribution in [0, 0.1) is 12.7 Å². The molecule has 0 saturated carbocycles. The van der Waals surface area contributed by atoms with Crippen molar-refractivity contribution in [2.45, 2.75) is 78.1 Å². The van der Waals surface area contributed by atoms with Gasteiger partial charge >= 0.3 is 57.1 Å². The summed E-state index contributed by atoms with van der Waals surface area (Å²) in [5.41, 5.74) is 3.84. The van der Waals surface area contributed by atoms with E-state index >= 15 is 4.39 Å². The molecule has 1 aliphatic rings. The van der Waals surface area contributed by atoms with Gasteiger partial charge in [-0.2, -0.15) is 0 Å². The molecule has 1 fully saturated rings. The Morgan fingerprint density at radius 2 is 1.72 bits per heavy atom. The number of rotatable bonds is 9. The Balaban J connectivity index is 0.00000260. The Morgan fingerprint density at radius 1 is 1.02 bits per heavy atom. The van der Waals surface area contributed by atoms with Gasteiger partial charge in [0.1, 0.15) is 23.5 Å². The van der Waals surface area contributed by atoms with Crippen LogP contribution >= 0.6 is 0 Å². The van der Waals surface area contributed by atoms with Crippen LogP contribution in [0.5, 0.6) is 5.75 Å². The van der Waals surface area contributed by atoms with Crippen LogP contribution in [0.15, 0.2) is 80.8 Å². The smallest absolute Gasteiger partial charge is 1.00 e. The van der Waals surface area contributed by atoms with E-state index in [2.05, 4.69) is 28.5 Å². The zero-order valence-corrected chi connectivity index (χ0v) is 30.5. The van der Waals surface area contributed by atoms with Crippen molar-refractivity contribution >= 4 is 0 Å². The predicted molar refractivity (Wildman–Crippen MR) is 174 cm³/mol. The summed E-state index contributed by atoms with van der Waals surface area (Å²) in [4.78, 5) is 33.0. The molecule has 1 N–H and O–H groups in total. The quantitative estimate of drug-likeness (QED) is 0.239. The number of H-pyrrole nitrogens is 1. The van der Waals surface area contributed by atoms with Crippen molar-refractivity contribution in [2.75, 3.05) is 0 Å². The number of benzene rings is 3. The molecule has 240 valence electrons. The number of aryl methyl sites for hydroxylation is 2. The fraction of sp³-hybridized carbons (Fsp3) is 0.333. The van der Waals surface area contributed by atoms with E-state index in [1.807, 2.05) is 50.2 Å². The Kier molecular flexibility index (Phi) is 11.5. The van der Waals surface area contributed by atoms with E-state index in [4.69, 9.17) is 14.5 Å². The molecule has 5 aromatic rings. The van der Waals surface area contributed by atoms with Crippen LogP contribution in [-0.2, 0) is 17.6 Å². The van der Waals surface area contributed by atoms with Crippen molar-refractivity contribution in [2.24, 2.45) is 0 Å². The van der Waals surface area contributed by atoms with Gasteiger partial charge in [0.05, 0.1) is 23.6 Å². The Morgan fingerprint density at radius 3 is 2.36 bits per heavy atom. The number of hydrogen-bond acceptors (Lipinski definition) is 7. The maximum absolute atomic E-state index is 15.8. The molecule has 0 spiro atoms. The third kappa shape index (κ3) is 7.93. The summed E-state index contributed by atoms with van der Waals surface area (Å²) < 4.78 is 34.1. The second-order valence-electron chi connectivity index (χ2n) is 11.9.